The van der Waals surface area contributed by atoms with Crippen LogP contribution in [-0.2, 0) is 11.3 Å². The van der Waals surface area contributed by atoms with Crippen molar-refractivity contribution >= 4 is 11.7 Å². The molecule has 0 atom stereocenters. The van der Waals surface area contributed by atoms with Crippen molar-refractivity contribution in [3.8, 4) is 11.3 Å². The van der Waals surface area contributed by atoms with Crippen LogP contribution in [0.1, 0.15) is 21.9 Å². The highest BCUT2D eigenvalue weighted by Crippen LogP contribution is 2.20. The number of carbonyl (C=O) groups is 1. The Morgan fingerprint density at radius 3 is 2.46 bits per heavy atom. The van der Waals surface area contributed by atoms with Gasteiger partial charge in [0.1, 0.15) is 11.5 Å². The lowest BCUT2D eigenvalue weighted by Crippen LogP contribution is -2.36. The molecule has 1 amide bonds. The van der Waals surface area contributed by atoms with Crippen LogP contribution in [0.5, 0.6) is 0 Å². The number of nitrogens with one attached hydrogen (secondary N) is 1. The number of aryl methyl sites for hydroxylation is 1. The zero-order valence-electron chi connectivity index (χ0n) is 15.7. The summed E-state index contributed by atoms with van der Waals surface area (Å²) >= 11 is 0. The number of amides is 1. The van der Waals surface area contributed by atoms with Gasteiger partial charge in [0, 0.05) is 24.2 Å². The standard InChI is InChI=1S/C21H22N4O3/c1-15-2-7-18(28-15)14-22-21(26)17-5-3-16(4-6-17)19-8-9-20(24-23-19)25-10-12-27-13-11-25/h2-9H,10-14H2,1H3,(H,22,26). The maximum atomic E-state index is 12.3. The van der Waals surface area contributed by atoms with Gasteiger partial charge in [0.25, 0.3) is 5.91 Å². The molecule has 2 aromatic heterocycles. The van der Waals surface area contributed by atoms with E-state index in [0.29, 0.717) is 25.3 Å². The van der Waals surface area contributed by atoms with Crippen LogP contribution in [0.3, 0.4) is 0 Å². The quantitative estimate of drug-likeness (QED) is 0.735. The number of rotatable bonds is 5. The molecule has 144 valence electrons. The average Bonchev–Trinajstić information content (AvgIpc) is 3.18. The first-order chi connectivity index (χ1) is 13.7. The van der Waals surface area contributed by atoms with Gasteiger partial charge in [-0.15, -0.1) is 10.2 Å². The number of aromatic nitrogens is 2. The van der Waals surface area contributed by atoms with E-state index < -0.39 is 0 Å². The third kappa shape index (κ3) is 4.20. The van der Waals surface area contributed by atoms with Crippen LogP contribution in [0, 0.1) is 6.92 Å². The van der Waals surface area contributed by atoms with Gasteiger partial charge >= 0.3 is 0 Å². The summed E-state index contributed by atoms with van der Waals surface area (Å²) in [6, 6.07) is 15.0. The van der Waals surface area contributed by atoms with Crippen LogP contribution in [0.15, 0.2) is 52.9 Å². The van der Waals surface area contributed by atoms with Crippen molar-refractivity contribution in [2.45, 2.75) is 13.5 Å². The first-order valence-electron chi connectivity index (χ1n) is 9.29. The first-order valence-corrected chi connectivity index (χ1v) is 9.29. The van der Waals surface area contributed by atoms with Gasteiger partial charge < -0.3 is 19.4 Å². The van der Waals surface area contributed by atoms with E-state index in [9.17, 15) is 4.79 Å². The van der Waals surface area contributed by atoms with Crippen molar-refractivity contribution in [2.75, 3.05) is 31.2 Å². The van der Waals surface area contributed by atoms with Crippen molar-refractivity contribution < 1.29 is 13.9 Å². The number of ether oxygens (including phenoxy) is 1. The van der Waals surface area contributed by atoms with E-state index in [1.165, 1.54) is 0 Å². The predicted octanol–water partition coefficient (Wildman–Crippen LogP) is 2.81. The van der Waals surface area contributed by atoms with Gasteiger partial charge in [-0.3, -0.25) is 4.79 Å². The number of nitrogens with zero attached hydrogens (tertiary/aromatic N) is 3. The molecule has 4 rings (SSSR count). The minimum atomic E-state index is -0.144. The smallest absolute Gasteiger partial charge is 0.251 e. The molecule has 0 saturated carbocycles. The van der Waals surface area contributed by atoms with E-state index in [1.807, 2.05) is 43.3 Å². The topological polar surface area (TPSA) is 80.5 Å². The van der Waals surface area contributed by atoms with E-state index in [-0.39, 0.29) is 5.91 Å². The van der Waals surface area contributed by atoms with Crippen LogP contribution in [0.25, 0.3) is 11.3 Å². The minimum Gasteiger partial charge on any atom is -0.465 e. The maximum absolute atomic E-state index is 12.3. The molecule has 0 aliphatic carbocycles. The molecule has 7 heteroatoms. The second kappa shape index (κ2) is 8.22. The molecule has 1 aliphatic rings. The summed E-state index contributed by atoms with van der Waals surface area (Å²) < 4.78 is 10.8. The lowest BCUT2D eigenvalue weighted by molar-refractivity contribution is 0.0948. The Hall–Kier alpha value is -3.19. The molecule has 3 aromatic rings. The van der Waals surface area contributed by atoms with Gasteiger partial charge in [0.2, 0.25) is 0 Å². The predicted molar refractivity (Wildman–Crippen MR) is 105 cm³/mol. The second-order valence-electron chi connectivity index (χ2n) is 6.65. The fourth-order valence-corrected chi connectivity index (χ4v) is 3.08. The molecule has 0 radical (unpaired) electrons. The van der Waals surface area contributed by atoms with Gasteiger partial charge in [-0.25, -0.2) is 0 Å². The highest BCUT2D eigenvalue weighted by molar-refractivity contribution is 5.94. The van der Waals surface area contributed by atoms with E-state index >= 15 is 0 Å². The van der Waals surface area contributed by atoms with Crippen molar-refractivity contribution in [3.63, 3.8) is 0 Å². The fourth-order valence-electron chi connectivity index (χ4n) is 3.08. The molecular weight excluding hydrogens is 356 g/mol. The lowest BCUT2D eigenvalue weighted by atomic mass is 10.1. The monoisotopic (exact) mass is 378 g/mol. The first kappa shape index (κ1) is 18.2. The number of hydrogen-bond acceptors (Lipinski definition) is 6. The number of hydrogen-bond donors (Lipinski definition) is 1. The summed E-state index contributed by atoms with van der Waals surface area (Å²) in [5.41, 5.74) is 2.28. The Kier molecular flexibility index (Phi) is 5.34. The summed E-state index contributed by atoms with van der Waals surface area (Å²) in [7, 11) is 0. The molecule has 7 nitrogen and oxygen atoms in total. The minimum absolute atomic E-state index is 0.144. The van der Waals surface area contributed by atoms with E-state index in [1.54, 1.807) is 12.1 Å². The fraction of sp³-hybridized carbons (Fsp3) is 0.286. The zero-order valence-corrected chi connectivity index (χ0v) is 15.7. The highest BCUT2D eigenvalue weighted by atomic mass is 16.5. The number of benzene rings is 1. The van der Waals surface area contributed by atoms with Crippen LogP contribution < -0.4 is 10.2 Å². The van der Waals surface area contributed by atoms with Crippen molar-refractivity contribution in [3.05, 3.63) is 65.6 Å². The molecule has 1 N–H and O–H groups in total. The summed E-state index contributed by atoms with van der Waals surface area (Å²) in [5.74, 6) is 2.28. The molecule has 0 spiro atoms. The van der Waals surface area contributed by atoms with Crippen LogP contribution in [0.2, 0.25) is 0 Å². The van der Waals surface area contributed by atoms with Gasteiger partial charge in [-0.2, -0.15) is 0 Å². The largest absolute Gasteiger partial charge is 0.465 e. The van der Waals surface area contributed by atoms with Gasteiger partial charge in [-0.05, 0) is 43.3 Å². The van der Waals surface area contributed by atoms with Gasteiger partial charge in [0.05, 0.1) is 25.5 Å². The summed E-state index contributed by atoms with van der Waals surface area (Å²) in [5, 5.41) is 11.5. The number of carbonyl (C=O) groups excluding carboxylic acids is 1. The Labute approximate surface area is 163 Å². The second-order valence-corrected chi connectivity index (χ2v) is 6.65. The van der Waals surface area contributed by atoms with Crippen LogP contribution in [-0.4, -0.2) is 42.4 Å². The molecule has 0 unspecified atom stereocenters. The van der Waals surface area contributed by atoms with Crippen LogP contribution in [0.4, 0.5) is 5.82 Å². The van der Waals surface area contributed by atoms with Crippen molar-refractivity contribution in [1.82, 2.24) is 15.5 Å². The van der Waals surface area contributed by atoms with Crippen molar-refractivity contribution in [2.24, 2.45) is 0 Å². The Balaban J connectivity index is 1.38. The Morgan fingerprint density at radius 2 is 1.82 bits per heavy atom. The third-order valence-electron chi connectivity index (χ3n) is 4.65. The molecule has 3 heterocycles. The zero-order chi connectivity index (χ0) is 19.3. The number of furan rings is 1. The molecule has 28 heavy (non-hydrogen) atoms. The molecule has 1 fully saturated rings. The number of anilines is 1. The van der Waals surface area contributed by atoms with E-state index in [2.05, 4.69) is 20.4 Å². The summed E-state index contributed by atoms with van der Waals surface area (Å²) in [6.07, 6.45) is 0. The van der Waals surface area contributed by atoms with Crippen molar-refractivity contribution in [1.29, 1.82) is 0 Å². The normalized spacial score (nSPS) is 14.1. The maximum Gasteiger partial charge on any atom is 0.251 e. The summed E-state index contributed by atoms with van der Waals surface area (Å²) in [4.78, 5) is 14.5. The average molecular weight is 378 g/mol. The molecule has 1 saturated heterocycles. The Morgan fingerprint density at radius 1 is 1.04 bits per heavy atom. The highest BCUT2D eigenvalue weighted by Gasteiger charge is 2.13. The van der Waals surface area contributed by atoms with E-state index in [0.717, 1.165) is 41.7 Å². The molecular formula is C21H22N4O3. The van der Waals surface area contributed by atoms with Gasteiger partial charge in [-0.1, -0.05) is 12.1 Å². The third-order valence-corrected chi connectivity index (χ3v) is 4.65. The molecule has 1 aliphatic heterocycles. The summed E-state index contributed by atoms with van der Waals surface area (Å²) in [6.45, 7) is 5.33. The number of morpholine rings is 1. The molecule has 1 aromatic carbocycles. The van der Waals surface area contributed by atoms with Crippen LogP contribution >= 0.6 is 0 Å². The Bertz CT molecular complexity index is 929. The van der Waals surface area contributed by atoms with Gasteiger partial charge in [0.15, 0.2) is 5.82 Å². The molecule has 0 bridgehead atoms. The lowest BCUT2D eigenvalue weighted by Gasteiger charge is -2.27. The van der Waals surface area contributed by atoms with E-state index in [4.69, 9.17) is 9.15 Å². The SMILES string of the molecule is Cc1ccc(CNC(=O)c2ccc(-c3ccc(N4CCOCC4)nn3)cc2)o1.